The summed E-state index contributed by atoms with van der Waals surface area (Å²) in [6, 6.07) is 3.42. The van der Waals surface area contributed by atoms with Gasteiger partial charge >= 0.3 is 7.12 Å². The van der Waals surface area contributed by atoms with Gasteiger partial charge in [0.1, 0.15) is 0 Å². The zero-order valence-corrected chi connectivity index (χ0v) is 20.2. The highest BCUT2D eigenvalue weighted by Gasteiger charge is 2.52. The molecule has 1 aliphatic heterocycles. The van der Waals surface area contributed by atoms with E-state index in [-0.39, 0.29) is 4.90 Å². The number of aryl methyl sites for hydroxylation is 2. The molecule has 0 unspecified atom stereocenters. The van der Waals surface area contributed by atoms with Crippen LogP contribution >= 0.6 is 15.9 Å². The van der Waals surface area contributed by atoms with Crippen LogP contribution in [0.2, 0.25) is 0 Å². The molecule has 0 saturated carbocycles. The summed E-state index contributed by atoms with van der Waals surface area (Å²) >= 11 is 3.30. The molecular weight excluding hydrogens is 457 g/mol. The highest BCUT2D eigenvalue weighted by atomic mass is 79.9. The van der Waals surface area contributed by atoms with Crippen molar-refractivity contribution in [1.29, 1.82) is 0 Å². The van der Waals surface area contributed by atoms with Crippen LogP contribution < -0.4 is 11.2 Å². The van der Waals surface area contributed by atoms with Crippen molar-refractivity contribution in [2.45, 2.75) is 57.6 Å². The highest BCUT2D eigenvalue weighted by Crippen LogP contribution is 2.36. The molecule has 1 fully saturated rings. The first-order chi connectivity index (χ1) is 13.1. The van der Waals surface area contributed by atoms with E-state index in [0.29, 0.717) is 16.8 Å². The molecule has 1 saturated heterocycles. The fourth-order valence-corrected chi connectivity index (χ4v) is 3.84. The van der Waals surface area contributed by atoms with Crippen LogP contribution in [0.5, 0.6) is 0 Å². The summed E-state index contributed by atoms with van der Waals surface area (Å²) in [5.74, 6) is 0. The summed E-state index contributed by atoms with van der Waals surface area (Å²) in [4.78, 5) is 8.37. The van der Waals surface area contributed by atoms with Crippen molar-refractivity contribution in [2.75, 3.05) is 12.0 Å². The SMILES string of the molecule is Cc1ncc(B2OC(C)(C)C(C)(C)O2)cc1S(C)(=O)=O.Cc1ncc(N)cc1Br. The first-order valence-corrected chi connectivity index (χ1v) is 11.7. The van der Waals surface area contributed by atoms with Gasteiger partial charge in [-0.05, 0) is 69.6 Å². The minimum Gasteiger partial charge on any atom is -0.399 e. The molecule has 0 aromatic carbocycles. The molecule has 29 heavy (non-hydrogen) atoms. The van der Waals surface area contributed by atoms with Gasteiger partial charge in [0.15, 0.2) is 9.84 Å². The molecule has 0 aliphatic carbocycles. The molecule has 158 valence electrons. The molecule has 0 atom stereocenters. The fraction of sp³-hybridized carbons (Fsp3) is 0.474. The number of nitrogens with zero attached hydrogens (tertiary/aromatic N) is 2. The van der Waals surface area contributed by atoms with Crippen molar-refractivity contribution in [3.05, 3.63) is 40.4 Å². The van der Waals surface area contributed by atoms with Crippen LogP contribution in [-0.4, -0.2) is 43.0 Å². The van der Waals surface area contributed by atoms with Gasteiger partial charge in [-0.25, -0.2) is 8.42 Å². The zero-order valence-electron chi connectivity index (χ0n) is 17.8. The summed E-state index contributed by atoms with van der Waals surface area (Å²) in [5.41, 5.74) is 7.26. The maximum absolute atomic E-state index is 11.8. The molecule has 2 N–H and O–H groups in total. The van der Waals surface area contributed by atoms with E-state index in [1.807, 2.05) is 40.7 Å². The second-order valence-corrected chi connectivity index (χ2v) is 10.9. The van der Waals surface area contributed by atoms with Crippen LogP contribution in [0.1, 0.15) is 39.1 Å². The van der Waals surface area contributed by atoms with Gasteiger partial charge in [0.05, 0.1) is 39.4 Å². The third-order valence-corrected chi connectivity index (χ3v) is 7.05. The van der Waals surface area contributed by atoms with Crippen LogP contribution in [0.25, 0.3) is 0 Å². The molecule has 1 aliphatic rings. The van der Waals surface area contributed by atoms with Gasteiger partial charge in [-0.3, -0.25) is 9.97 Å². The van der Waals surface area contributed by atoms with Crippen molar-refractivity contribution >= 4 is 44.0 Å². The lowest BCUT2D eigenvalue weighted by Gasteiger charge is -2.32. The topological polar surface area (TPSA) is 104 Å². The van der Waals surface area contributed by atoms with E-state index in [1.165, 1.54) is 6.26 Å². The van der Waals surface area contributed by atoms with Crippen molar-refractivity contribution in [1.82, 2.24) is 9.97 Å². The van der Waals surface area contributed by atoms with Gasteiger partial charge in [0.25, 0.3) is 0 Å². The van der Waals surface area contributed by atoms with Crippen LogP contribution in [0.3, 0.4) is 0 Å². The Morgan fingerprint density at radius 2 is 1.52 bits per heavy atom. The Balaban J connectivity index is 0.000000278. The minimum atomic E-state index is -3.32. The van der Waals surface area contributed by atoms with Crippen LogP contribution in [0, 0.1) is 13.8 Å². The maximum Gasteiger partial charge on any atom is 0.496 e. The van der Waals surface area contributed by atoms with E-state index < -0.39 is 28.2 Å². The molecule has 0 bridgehead atoms. The number of halogens is 1. The van der Waals surface area contributed by atoms with Gasteiger partial charge in [-0.2, -0.15) is 0 Å². The Morgan fingerprint density at radius 1 is 1.00 bits per heavy atom. The van der Waals surface area contributed by atoms with E-state index in [4.69, 9.17) is 15.0 Å². The lowest BCUT2D eigenvalue weighted by atomic mass is 9.80. The Bertz CT molecular complexity index is 997. The van der Waals surface area contributed by atoms with E-state index >= 15 is 0 Å². The molecular formula is C19H27BBrN3O4S. The third-order valence-electron chi connectivity index (χ3n) is 5.03. The summed E-state index contributed by atoms with van der Waals surface area (Å²) < 4.78 is 36.3. The molecule has 3 heterocycles. The fourth-order valence-electron chi connectivity index (χ4n) is 2.53. The van der Waals surface area contributed by atoms with Crippen LogP contribution in [0.15, 0.2) is 33.9 Å². The summed E-state index contributed by atoms with van der Waals surface area (Å²) in [7, 11) is -3.92. The van der Waals surface area contributed by atoms with Crippen LogP contribution in [0.4, 0.5) is 5.69 Å². The standard InChI is InChI=1S/C13H20BNO4S.C6H7BrN2/c1-9-11(20(6,16)17)7-10(8-15-9)14-18-12(2,3)13(4,5)19-14;1-4-6(7)2-5(8)3-9-4/h7-8H,1-6H3;2-3H,8H2,1H3. The number of hydrogen-bond acceptors (Lipinski definition) is 7. The Hall–Kier alpha value is -1.49. The molecule has 7 nitrogen and oxygen atoms in total. The molecule has 10 heteroatoms. The smallest absolute Gasteiger partial charge is 0.399 e. The quantitative estimate of drug-likeness (QED) is 0.654. The van der Waals surface area contributed by atoms with Gasteiger partial charge in [0.2, 0.25) is 0 Å². The van der Waals surface area contributed by atoms with Crippen molar-refractivity contribution in [3.63, 3.8) is 0 Å². The number of aromatic nitrogens is 2. The van der Waals surface area contributed by atoms with Crippen molar-refractivity contribution < 1.29 is 17.7 Å². The minimum absolute atomic E-state index is 0.213. The first kappa shape index (κ1) is 23.8. The lowest BCUT2D eigenvalue weighted by Crippen LogP contribution is -2.41. The van der Waals surface area contributed by atoms with Gasteiger partial charge in [0, 0.05) is 22.4 Å². The predicted octanol–water partition coefficient (Wildman–Crippen LogP) is 2.83. The Kier molecular flexibility index (Phi) is 6.84. The molecule has 0 spiro atoms. The largest absolute Gasteiger partial charge is 0.496 e. The van der Waals surface area contributed by atoms with E-state index in [1.54, 1.807) is 25.4 Å². The zero-order chi connectivity index (χ0) is 22.2. The summed E-state index contributed by atoms with van der Waals surface area (Å²) in [6.45, 7) is 11.4. The molecule has 3 rings (SSSR count). The Labute approximate surface area is 181 Å². The molecule has 0 radical (unpaired) electrons. The van der Waals surface area contributed by atoms with Crippen molar-refractivity contribution in [2.24, 2.45) is 0 Å². The number of pyridine rings is 2. The highest BCUT2D eigenvalue weighted by molar-refractivity contribution is 9.10. The number of anilines is 1. The summed E-state index contributed by atoms with van der Waals surface area (Å²) in [5, 5.41) is 0. The molecule has 2 aromatic heterocycles. The second kappa shape index (κ2) is 8.33. The van der Waals surface area contributed by atoms with Gasteiger partial charge in [-0.15, -0.1) is 0 Å². The number of nitrogens with two attached hydrogens (primary N) is 1. The van der Waals surface area contributed by atoms with E-state index in [9.17, 15) is 8.42 Å². The van der Waals surface area contributed by atoms with Crippen LogP contribution in [-0.2, 0) is 19.1 Å². The predicted molar refractivity (Wildman–Crippen MR) is 119 cm³/mol. The Morgan fingerprint density at radius 3 is 1.97 bits per heavy atom. The summed E-state index contributed by atoms with van der Waals surface area (Å²) in [6.07, 6.45) is 4.41. The van der Waals surface area contributed by atoms with Gasteiger partial charge < -0.3 is 15.0 Å². The van der Waals surface area contributed by atoms with Crippen molar-refractivity contribution in [3.8, 4) is 0 Å². The third kappa shape index (κ3) is 5.56. The normalized spacial score (nSPS) is 17.6. The second-order valence-electron chi connectivity index (χ2n) is 8.05. The average molecular weight is 484 g/mol. The van der Waals surface area contributed by atoms with E-state index in [2.05, 4.69) is 25.9 Å². The van der Waals surface area contributed by atoms with E-state index in [0.717, 1.165) is 10.2 Å². The lowest BCUT2D eigenvalue weighted by molar-refractivity contribution is 0.00578. The maximum atomic E-state index is 11.8. The number of rotatable bonds is 2. The van der Waals surface area contributed by atoms with Gasteiger partial charge in [-0.1, -0.05) is 0 Å². The number of hydrogen-bond donors (Lipinski definition) is 1. The monoisotopic (exact) mass is 483 g/mol. The molecule has 0 amide bonds. The number of sulfone groups is 1. The molecule has 2 aromatic rings. The average Bonchev–Trinajstić information content (AvgIpc) is 2.79. The first-order valence-electron chi connectivity index (χ1n) is 9.04. The number of nitrogen functional groups attached to an aromatic ring is 1.